The van der Waals surface area contributed by atoms with E-state index in [1.165, 1.54) is 37.8 Å². The van der Waals surface area contributed by atoms with E-state index in [4.69, 9.17) is 15.2 Å². The molecule has 1 aliphatic rings. The van der Waals surface area contributed by atoms with E-state index in [1.54, 1.807) is 36.4 Å². The zero-order valence-electron chi connectivity index (χ0n) is 29.6. The third-order valence-electron chi connectivity index (χ3n) is 8.57. The van der Waals surface area contributed by atoms with Gasteiger partial charge < -0.3 is 41.0 Å². The Balaban J connectivity index is 1.74. The first kappa shape index (κ1) is 39.3. The van der Waals surface area contributed by atoms with Crippen molar-refractivity contribution in [3.63, 3.8) is 0 Å². The number of likely N-dealkylation sites (tertiary alicyclic amines) is 1. The molecule has 272 valence electrons. The molecule has 0 aliphatic carbocycles. The average molecular weight is 695 g/mol. The molecule has 5 atom stereocenters. The second-order valence-electron chi connectivity index (χ2n) is 13.0. The van der Waals surface area contributed by atoms with Crippen LogP contribution in [0.15, 0.2) is 54.6 Å². The summed E-state index contributed by atoms with van der Waals surface area (Å²) >= 11 is 0. The highest BCUT2D eigenvalue weighted by molar-refractivity contribution is 5.96. The number of carbonyl (C=O) groups excluding carboxylic acids is 6. The minimum atomic E-state index is -1.03. The van der Waals surface area contributed by atoms with Crippen LogP contribution in [0.3, 0.4) is 0 Å². The number of ether oxygens (including phenoxy) is 2. The number of nitrogens with two attached hydrogens (primary N) is 1. The summed E-state index contributed by atoms with van der Waals surface area (Å²) in [4.78, 5) is 81.6. The summed E-state index contributed by atoms with van der Waals surface area (Å²) in [6.07, 6.45) is 0.523. The predicted molar refractivity (Wildman–Crippen MR) is 185 cm³/mol. The van der Waals surface area contributed by atoms with Crippen LogP contribution in [0.4, 0.5) is 4.79 Å². The molecule has 14 nitrogen and oxygen atoms in total. The topological polar surface area (TPSA) is 189 Å². The minimum Gasteiger partial charge on any atom is -0.497 e. The number of hydrogen-bond acceptors (Lipinski definition) is 8. The van der Waals surface area contributed by atoms with Crippen LogP contribution < -0.4 is 26.4 Å². The van der Waals surface area contributed by atoms with Gasteiger partial charge in [0, 0.05) is 20.0 Å². The fourth-order valence-electron chi connectivity index (χ4n) is 5.64. The smallest absolute Gasteiger partial charge is 0.408 e. The first-order valence-electron chi connectivity index (χ1n) is 16.8. The van der Waals surface area contributed by atoms with E-state index in [9.17, 15) is 28.8 Å². The van der Waals surface area contributed by atoms with Gasteiger partial charge in [-0.25, -0.2) is 4.79 Å². The summed E-state index contributed by atoms with van der Waals surface area (Å²) in [5.41, 5.74) is 6.91. The van der Waals surface area contributed by atoms with Gasteiger partial charge >= 0.3 is 6.09 Å². The molecule has 1 fully saturated rings. The Bertz CT molecular complexity index is 1490. The number of carbonyl (C=O) groups is 6. The van der Waals surface area contributed by atoms with Crippen molar-refractivity contribution in [2.45, 2.75) is 90.2 Å². The Morgan fingerprint density at radius 1 is 0.880 bits per heavy atom. The highest BCUT2D eigenvalue weighted by Gasteiger charge is 2.41. The number of nitrogens with one attached hydrogen (secondary N) is 3. The van der Waals surface area contributed by atoms with Crippen molar-refractivity contribution < 1.29 is 38.2 Å². The van der Waals surface area contributed by atoms with Crippen molar-refractivity contribution >= 4 is 35.6 Å². The maximum Gasteiger partial charge on any atom is 0.408 e. The molecule has 5 N–H and O–H groups in total. The molecule has 0 saturated carbocycles. The number of alkyl carbamates (subject to hydrolysis) is 1. The Labute approximate surface area is 293 Å². The van der Waals surface area contributed by atoms with Crippen molar-refractivity contribution in [2.75, 3.05) is 20.7 Å². The van der Waals surface area contributed by atoms with Gasteiger partial charge in [0.25, 0.3) is 0 Å². The van der Waals surface area contributed by atoms with E-state index in [0.29, 0.717) is 18.6 Å². The third-order valence-corrected chi connectivity index (χ3v) is 8.57. The highest BCUT2D eigenvalue weighted by Crippen LogP contribution is 2.24. The monoisotopic (exact) mass is 694 g/mol. The number of likely N-dealkylation sites (N-methyl/N-ethyl adjacent to an activating group) is 1. The van der Waals surface area contributed by atoms with Crippen molar-refractivity contribution in [1.82, 2.24) is 25.8 Å². The summed E-state index contributed by atoms with van der Waals surface area (Å²) in [6, 6.07) is 11.2. The molecular formula is C36H50N6O8. The molecule has 14 heteroatoms. The Morgan fingerprint density at radius 2 is 1.54 bits per heavy atom. The molecule has 3 rings (SSSR count). The molecule has 0 bridgehead atoms. The van der Waals surface area contributed by atoms with Crippen molar-refractivity contribution in [3.8, 4) is 5.75 Å². The molecule has 0 radical (unpaired) electrons. The van der Waals surface area contributed by atoms with Gasteiger partial charge in [0.1, 0.15) is 42.6 Å². The molecule has 2 aromatic carbocycles. The standard InChI is InChI=1S/C36H50N6O8/c1-22(2)19-28(40-32(44)24(4)39-36(48)50-21-26-11-8-7-9-12-26)34(46)42-18-10-13-29(42)35(47)41(5)30(33(45)38-23(3)31(37)43)20-25-14-16-27(49-6)17-15-25/h7-9,11-12,14-17,22-24,28-30H,10,13,18-21H2,1-6H3,(H2,37,43)(H,38,45)(H,39,48)(H,40,44)/t23-,24?,28-,29-,30-/m0/s1. The first-order valence-corrected chi connectivity index (χ1v) is 16.8. The summed E-state index contributed by atoms with van der Waals surface area (Å²) in [6.45, 7) is 7.06. The lowest BCUT2D eigenvalue weighted by atomic mass is 10.0. The summed E-state index contributed by atoms with van der Waals surface area (Å²) < 4.78 is 10.4. The molecule has 2 aromatic rings. The number of primary amides is 1. The van der Waals surface area contributed by atoms with Gasteiger partial charge in [0.05, 0.1) is 7.11 Å². The van der Waals surface area contributed by atoms with Gasteiger partial charge in [0.2, 0.25) is 29.5 Å². The average Bonchev–Trinajstić information content (AvgIpc) is 3.59. The van der Waals surface area contributed by atoms with Gasteiger partial charge in [-0.05, 0) is 62.3 Å². The normalized spacial score (nSPS) is 16.4. The van der Waals surface area contributed by atoms with E-state index >= 15 is 0 Å². The molecule has 0 spiro atoms. The molecule has 1 saturated heterocycles. The summed E-state index contributed by atoms with van der Waals surface area (Å²) in [5.74, 6) is -2.15. The zero-order chi connectivity index (χ0) is 37.0. The fraction of sp³-hybridized carbons (Fsp3) is 0.500. The number of benzene rings is 2. The summed E-state index contributed by atoms with van der Waals surface area (Å²) in [5, 5.41) is 7.85. The molecule has 0 aromatic heterocycles. The molecule has 50 heavy (non-hydrogen) atoms. The largest absolute Gasteiger partial charge is 0.497 e. The Kier molecular flexibility index (Phi) is 14.6. The van der Waals surface area contributed by atoms with E-state index in [-0.39, 0.29) is 31.9 Å². The van der Waals surface area contributed by atoms with Crippen LogP contribution >= 0.6 is 0 Å². The van der Waals surface area contributed by atoms with Crippen molar-refractivity contribution in [3.05, 3.63) is 65.7 Å². The van der Waals surface area contributed by atoms with Crippen LogP contribution in [-0.4, -0.2) is 96.3 Å². The lowest BCUT2D eigenvalue weighted by molar-refractivity contribution is -0.148. The van der Waals surface area contributed by atoms with Crippen LogP contribution in [0.1, 0.15) is 58.1 Å². The lowest BCUT2D eigenvalue weighted by Crippen LogP contribution is -2.59. The summed E-state index contributed by atoms with van der Waals surface area (Å²) in [7, 11) is 3.03. The second kappa shape index (κ2) is 18.6. The van der Waals surface area contributed by atoms with Crippen LogP contribution in [0, 0.1) is 5.92 Å². The quantitative estimate of drug-likeness (QED) is 0.205. The van der Waals surface area contributed by atoms with Crippen LogP contribution in [-0.2, 0) is 41.7 Å². The van der Waals surface area contributed by atoms with Gasteiger partial charge in [-0.2, -0.15) is 0 Å². The highest BCUT2D eigenvalue weighted by atomic mass is 16.5. The Morgan fingerprint density at radius 3 is 2.14 bits per heavy atom. The predicted octanol–water partition coefficient (Wildman–Crippen LogP) is 1.89. The molecule has 1 aliphatic heterocycles. The lowest BCUT2D eigenvalue weighted by Gasteiger charge is -2.34. The van der Waals surface area contributed by atoms with E-state index < -0.39 is 65.8 Å². The van der Waals surface area contributed by atoms with Crippen molar-refractivity contribution in [1.29, 1.82) is 0 Å². The molecular weight excluding hydrogens is 644 g/mol. The van der Waals surface area contributed by atoms with Crippen LogP contribution in [0.25, 0.3) is 0 Å². The zero-order valence-corrected chi connectivity index (χ0v) is 29.6. The fourth-order valence-corrected chi connectivity index (χ4v) is 5.64. The number of rotatable bonds is 16. The molecule has 6 amide bonds. The maximum absolute atomic E-state index is 14.1. The van der Waals surface area contributed by atoms with Gasteiger partial charge in [-0.1, -0.05) is 56.3 Å². The van der Waals surface area contributed by atoms with E-state index in [1.807, 2.05) is 32.0 Å². The number of hydrogen-bond donors (Lipinski definition) is 4. The second-order valence-corrected chi connectivity index (χ2v) is 13.0. The van der Waals surface area contributed by atoms with E-state index in [2.05, 4.69) is 16.0 Å². The van der Waals surface area contributed by atoms with Gasteiger partial charge in [0.15, 0.2) is 0 Å². The maximum atomic E-state index is 14.1. The minimum absolute atomic E-state index is 0.00704. The number of amides is 6. The number of methoxy groups -OCH3 is 1. The van der Waals surface area contributed by atoms with Crippen LogP contribution in [0.5, 0.6) is 5.75 Å². The number of nitrogens with zero attached hydrogens (tertiary/aromatic N) is 2. The first-order chi connectivity index (χ1) is 23.7. The van der Waals surface area contributed by atoms with Gasteiger partial charge in [-0.15, -0.1) is 0 Å². The third kappa shape index (κ3) is 11.2. The van der Waals surface area contributed by atoms with E-state index in [0.717, 1.165) is 11.1 Å². The van der Waals surface area contributed by atoms with Gasteiger partial charge in [-0.3, -0.25) is 24.0 Å². The SMILES string of the molecule is COc1ccc(C[C@@H](C(=O)N[C@@H](C)C(N)=O)N(C)C(=O)[C@@H]2CCCN2C(=O)[C@H](CC(C)C)NC(=O)C(C)NC(=O)OCc2ccccc2)cc1. The molecule has 1 unspecified atom stereocenters. The Hall–Kier alpha value is -5.14. The molecule has 1 heterocycles. The van der Waals surface area contributed by atoms with Crippen molar-refractivity contribution in [2.24, 2.45) is 11.7 Å². The van der Waals surface area contributed by atoms with Crippen LogP contribution in [0.2, 0.25) is 0 Å².